The molecule has 0 bridgehead atoms. The third-order valence-electron chi connectivity index (χ3n) is 4.55. The van der Waals surface area contributed by atoms with Crippen molar-refractivity contribution in [2.75, 3.05) is 11.9 Å². The van der Waals surface area contributed by atoms with E-state index in [1.807, 2.05) is 32.3 Å². The number of rotatable bonds is 7. The number of hydrogen-bond acceptors (Lipinski definition) is 3. The lowest BCUT2D eigenvalue weighted by Crippen LogP contribution is -2.05. The van der Waals surface area contributed by atoms with Gasteiger partial charge in [0.2, 0.25) is 5.95 Å². The highest BCUT2D eigenvalue weighted by Crippen LogP contribution is 2.24. The van der Waals surface area contributed by atoms with E-state index < -0.39 is 0 Å². The summed E-state index contributed by atoms with van der Waals surface area (Å²) < 4.78 is 7.59. The fourth-order valence-corrected chi connectivity index (χ4v) is 2.93. The van der Waals surface area contributed by atoms with Crippen molar-refractivity contribution < 1.29 is 4.74 Å². The zero-order valence-electron chi connectivity index (χ0n) is 16.0. The van der Waals surface area contributed by atoms with E-state index in [1.165, 1.54) is 11.1 Å². The van der Waals surface area contributed by atoms with Crippen molar-refractivity contribution in [1.82, 2.24) is 9.55 Å². The topological polar surface area (TPSA) is 39.1 Å². The summed E-state index contributed by atoms with van der Waals surface area (Å²) in [5, 5.41) is 3.43. The van der Waals surface area contributed by atoms with Crippen LogP contribution in [0.3, 0.4) is 0 Å². The molecule has 4 nitrogen and oxygen atoms in total. The van der Waals surface area contributed by atoms with Gasteiger partial charge in [0.15, 0.2) is 0 Å². The van der Waals surface area contributed by atoms with Gasteiger partial charge in [-0.25, -0.2) is 4.98 Å². The third-order valence-corrected chi connectivity index (χ3v) is 4.55. The first-order chi connectivity index (χ1) is 12.6. The van der Waals surface area contributed by atoms with Gasteiger partial charge >= 0.3 is 0 Å². The van der Waals surface area contributed by atoms with Crippen LogP contribution >= 0.6 is 0 Å². The van der Waals surface area contributed by atoms with Crippen LogP contribution in [0.1, 0.15) is 37.8 Å². The normalized spacial score (nSPS) is 11.0. The molecule has 1 heterocycles. The Kier molecular flexibility index (Phi) is 5.61. The summed E-state index contributed by atoms with van der Waals surface area (Å²) in [6.07, 6.45) is 1.90. The number of nitrogens with one attached hydrogen (secondary N) is 1. The number of ether oxygens (including phenoxy) is 1. The molecule has 0 aliphatic heterocycles. The number of hydrogen-bond donors (Lipinski definition) is 1. The Bertz CT molecular complexity index is 833. The first-order valence-electron chi connectivity index (χ1n) is 9.16. The van der Waals surface area contributed by atoms with E-state index in [0.717, 1.165) is 29.5 Å². The molecule has 0 saturated carbocycles. The zero-order valence-corrected chi connectivity index (χ0v) is 16.0. The van der Waals surface area contributed by atoms with Crippen LogP contribution in [0.25, 0.3) is 11.3 Å². The van der Waals surface area contributed by atoms with Crippen LogP contribution < -0.4 is 10.1 Å². The van der Waals surface area contributed by atoms with Crippen molar-refractivity contribution in [2.45, 2.75) is 33.2 Å². The zero-order chi connectivity index (χ0) is 18.5. The lowest BCUT2D eigenvalue weighted by Gasteiger charge is -2.10. The highest BCUT2D eigenvalue weighted by atomic mass is 16.5. The summed E-state index contributed by atoms with van der Waals surface area (Å²) in [6.45, 7) is 7.85. The highest BCUT2D eigenvalue weighted by Gasteiger charge is 2.09. The molecule has 0 radical (unpaired) electrons. The summed E-state index contributed by atoms with van der Waals surface area (Å²) in [5.74, 6) is 2.31. The minimum absolute atomic E-state index is 0.559. The molecule has 0 aliphatic rings. The van der Waals surface area contributed by atoms with E-state index in [2.05, 4.69) is 65.1 Å². The average molecular weight is 349 g/mol. The standard InChI is InChI=1S/C22H27N3O/c1-5-26-20-12-10-19(11-13-20)21-15-24-22(25(21)4)23-14-17-6-8-18(9-7-17)16(2)3/h6-13,15-16H,5,14H2,1-4H3,(H,23,24). The van der Waals surface area contributed by atoms with Crippen molar-refractivity contribution >= 4 is 5.95 Å². The molecule has 2 aromatic carbocycles. The monoisotopic (exact) mass is 349 g/mol. The number of anilines is 1. The second-order valence-corrected chi connectivity index (χ2v) is 6.73. The second-order valence-electron chi connectivity index (χ2n) is 6.73. The van der Waals surface area contributed by atoms with Gasteiger partial charge in [0.05, 0.1) is 18.5 Å². The Labute approximate surface area is 155 Å². The molecule has 0 amide bonds. The first-order valence-corrected chi connectivity index (χ1v) is 9.16. The van der Waals surface area contributed by atoms with E-state index >= 15 is 0 Å². The van der Waals surface area contributed by atoms with Crippen molar-refractivity contribution in [2.24, 2.45) is 7.05 Å². The molecule has 0 spiro atoms. The number of aromatic nitrogens is 2. The van der Waals surface area contributed by atoms with Gasteiger partial charge in [-0.1, -0.05) is 38.1 Å². The van der Waals surface area contributed by atoms with E-state index in [1.54, 1.807) is 0 Å². The molecule has 0 fully saturated rings. The summed E-state index contributed by atoms with van der Waals surface area (Å²) in [5.41, 5.74) is 4.81. The predicted octanol–water partition coefficient (Wildman–Crippen LogP) is 5.22. The number of benzene rings is 2. The molecule has 0 atom stereocenters. The molecule has 0 saturated heterocycles. The van der Waals surface area contributed by atoms with Crippen LogP contribution in [-0.4, -0.2) is 16.2 Å². The molecule has 136 valence electrons. The van der Waals surface area contributed by atoms with E-state index in [-0.39, 0.29) is 0 Å². The molecule has 0 unspecified atom stereocenters. The maximum atomic E-state index is 5.51. The maximum absolute atomic E-state index is 5.51. The largest absolute Gasteiger partial charge is 0.494 e. The van der Waals surface area contributed by atoms with Gasteiger partial charge in [0, 0.05) is 19.2 Å². The van der Waals surface area contributed by atoms with Crippen LogP contribution in [0, 0.1) is 0 Å². The Morgan fingerprint density at radius 3 is 2.35 bits per heavy atom. The minimum Gasteiger partial charge on any atom is -0.494 e. The van der Waals surface area contributed by atoms with Crippen molar-refractivity contribution in [3.8, 4) is 17.0 Å². The molecule has 3 aromatic rings. The third kappa shape index (κ3) is 4.07. The van der Waals surface area contributed by atoms with Crippen LogP contribution in [0.5, 0.6) is 5.75 Å². The Morgan fingerprint density at radius 1 is 1.04 bits per heavy atom. The lowest BCUT2D eigenvalue weighted by atomic mass is 10.0. The minimum atomic E-state index is 0.559. The maximum Gasteiger partial charge on any atom is 0.203 e. The van der Waals surface area contributed by atoms with E-state index in [4.69, 9.17) is 4.74 Å². The van der Waals surface area contributed by atoms with Gasteiger partial charge in [-0.15, -0.1) is 0 Å². The van der Waals surface area contributed by atoms with Crippen molar-refractivity contribution in [3.05, 3.63) is 65.9 Å². The molecule has 0 aliphatic carbocycles. The summed E-state index contributed by atoms with van der Waals surface area (Å²) in [4.78, 5) is 4.53. The summed E-state index contributed by atoms with van der Waals surface area (Å²) in [6, 6.07) is 16.9. The first kappa shape index (κ1) is 18.1. The predicted molar refractivity (Wildman–Crippen MR) is 108 cm³/mol. The molecular formula is C22H27N3O. The second kappa shape index (κ2) is 8.09. The molecule has 1 aromatic heterocycles. The molecule has 1 N–H and O–H groups in total. The SMILES string of the molecule is CCOc1ccc(-c2cnc(NCc3ccc(C(C)C)cc3)n2C)cc1. The Balaban J connectivity index is 1.68. The number of imidazole rings is 1. The van der Waals surface area contributed by atoms with Gasteiger partial charge in [-0.3, -0.25) is 0 Å². The van der Waals surface area contributed by atoms with E-state index in [9.17, 15) is 0 Å². The molecular weight excluding hydrogens is 322 g/mol. The molecule has 3 rings (SSSR count). The fourth-order valence-electron chi connectivity index (χ4n) is 2.93. The van der Waals surface area contributed by atoms with Gasteiger partial charge in [0.25, 0.3) is 0 Å². The summed E-state index contributed by atoms with van der Waals surface area (Å²) >= 11 is 0. The van der Waals surface area contributed by atoms with Crippen LogP contribution in [-0.2, 0) is 13.6 Å². The van der Waals surface area contributed by atoms with Gasteiger partial charge in [-0.05, 0) is 48.2 Å². The Hall–Kier alpha value is -2.75. The van der Waals surface area contributed by atoms with E-state index in [0.29, 0.717) is 12.5 Å². The van der Waals surface area contributed by atoms with Crippen molar-refractivity contribution in [3.63, 3.8) is 0 Å². The lowest BCUT2D eigenvalue weighted by molar-refractivity contribution is 0.340. The van der Waals surface area contributed by atoms with Crippen LogP contribution in [0.4, 0.5) is 5.95 Å². The average Bonchev–Trinajstić information content (AvgIpc) is 3.02. The van der Waals surface area contributed by atoms with Crippen LogP contribution in [0.2, 0.25) is 0 Å². The quantitative estimate of drug-likeness (QED) is 0.635. The summed E-state index contributed by atoms with van der Waals surface area (Å²) in [7, 11) is 2.03. The smallest absolute Gasteiger partial charge is 0.203 e. The molecule has 26 heavy (non-hydrogen) atoms. The van der Waals surface area contributed by atoms with Crippen LogP contribution in [0.15, 0.2) is 54.7 Å². The fraction of sp³-hybridized carbons (Fsp3) is 0.318. The highest BCUT2D eigenvalue weighted by molar-refractivity contribution is 5.62. The van der Waals surface area contributed by atoms with Crippen molar-refractivity contribution in [1.29, 1.82) is 0 Å². The number of nitrogens with zero attached hydrogens (tertiary/aromatic N) is 2. The van der Waals surface area contributed by atoms with Gasteiger partial charge < -0.3 is 14.6 Å². The molecule has 4 heteroatoms. The van der Waals surface area contributed by atoms with Gasteiger partial charge in [-0.2, -0.15) is 0 Å². The Morgan fingerprint density at radius 2 is 1.73 bits per heavy atom. The van der Waals surface area contributed by atoms with Gasteiger partial charge in [0.1, 0.15) is 5.75 Å².